The van der Waals surface area contributed by atoms with Crippen molar-refractivity contribution in [2.75, 3.05) is 0 Å². The van der Waals surface area contributed by atoms with E-state index in [0.29, 0.717) is 0 Å². The number of hydrogen-bond acceptors (Lipinski definition) is 2. The predicted octanol–water partition coefficient (Wildman–Crippen LogP) is 1.41. The third-order valence-electron chi connectivity index (χ3n) is 4.33. The maximum Gasteiger partial charge on any atom is 0.253 e. The first-order chi connectivity index (χ1) is 10.4. The maximum absolute atomic E-state index is 12.2. The highest BCUT2D eigenvalue weighted by atomic mass is 16.1. The Balaban J connectivity index is 1.90. The SMILES string of the molecule is CC1(C)C(c2cccc(-n3cccn3)c2)[C@@H]1C(=O)N=C(N)N. The van der Waals surface area contributed by atoms with Crippen LogP contribution in [0.25, 0.3) is 5.69 Å². The Morgan fingerprint density at radius 1 is 1.32 bits per heavy atom. The zero-order chi connectivity index (χ0) is 15.9. The van der Waals surface area contributed by atoms with Crippen molar-refractivity contribution >= 4 is 11.9 Å². The molecule has 6 nitrogen and oxygen atoms in total. The van der Waals surface area contributed by atoms with Crippen molar-refractivity contribution < 1.29 is 4.79 Å². The van der Waals surface area contributed by atoms with Gasteiger partial charge in [0.2, 0.25) is 0 Å². The Morgan fingerprint density at radius 2 is 2.09 bits per heavy atom. The number of carbonyl (C=O) groups excluding carboxylic acids is 1. The third-order valence-corrected chi connectivity index (χ3v) is 4.33. The van der Waals surface area contributed by atoms with Crippen LogP contribution >= 0.6 is 0 Å². The summed E-state index contributed by atoms with van der Waals surface area (Å²) in [6.45, 7) is 4.12. The van der Waals surface area contributed by atoms with Crippen LogP contribution in [-0.4, -0.2) is 21.6 Å². The molecule has 0 saturated heterocycles. The van der Waals surface area contributed by atoms with Crippen LogP contribution in [0.2, 0.25) is 0 Å². The van der Waals surface area contributed by atoms with Crippen molar-refractivity contribution in [3.05, 3.63) is 48.3 Å². The molecule has 1 unspecified atom stereocenters. The summed E-state index contributed by atoms with van der Waals surface area (Å²) < 4.78 is 1.80. The number of aliphatic imine (C=N–C) groups is 1. The van der Waals surface area contributed by atoms with Crippen molar-refractivity contribution in [1.29, 1.82) is 0 Å². The summed E-state index contributed by atoms with van der Waals surface area (Å²) in [7, 11) is 0. The monoisotopic (exact) mass is 297 g/mol. The summed E-state index contributed by atoms with van der Waals surface area (Å²) in [6, 6.07) is 9.92. The lowest BCUT2D eigenvalue weighted by molar-refractivity contribution is -0.119. The van der Waals surface area contributed by atoms with E-state index < -0.39 is 0 Å². The Kier molecular flexibility index (Phi) is 3.24. The van der Waals surface area contributed by atoms with Crippen LogP contribution in [0.5, 0.6) is 0 Å². The minimum Gasteiger partial charge on any atom is -0.370 e. The number of guanidine groups is 1. The van der Waals surface area contributed by atoms with Gasteiger partial charge in [0.15, 0.2) is 5.96 Å². The molecule has 0 spiro atoms. The lowest BCUT2D eigenvalue weighted by Gasteiger charge is -2.06. The molecule has 3 rings (SSSR count). The fourth-order valence-electron chi connectivity index (χ4n) is 3.20. The lowest BCUT2D eigenvalue weighted by Crippen LogP contribution is -2.25. The van der Waals surface area contributed by atoms with Gasteiger partial charge in [0, 0.05) is 18.3 Å². The largest absolute Gasteiger partial charge is 0.370 e. The van der Waals surface area contributed by atoms with Crippen molar-refractivity contribution in [2.45, 2.75) is 19.8 Å². The zero-order valence-corrected chi connectivity index (χ0v) is 12.6. The van der Waals surface area contributed by atoms with Crippen LogP contribution in [0.4, 0.5) is 0 Å². The van der Waals surface area contributed by atoms with Gasteiger partial charge in [0.25, 0.3) is 5.91 Å². The van der Waals surface area contributed by atoms with Crippen LogP contribution in [0.15, 0.2) is 47.7 Å². The van der Waals surface area contributed by atoms with Gasteiger partial charge in [-0.3, -0.25) is 4.79 Å². The number of nitrogens with two attached hydrogens (primary N) is 2. The molecule has 1 fully saturated rings. The van der Waals surface area contributed by atoms with Crippen LogP contribution < -0.4 is 11.5 Å². The number of nitrogens with zero attached hydrogens (tertiary/aromatic N) is 3. The van der Waals surface area contributed by atoms with Gasteiger partial charge in [0.05, 0.1) is 11.6 Å². The zero-order valence-electron chi connectivity index (χ0n) is 12.6. The number of benzene rings is 1. The summed E-state index contributed by atoms with van der Waals surface area (Å²) in [5.74, 6) is -0.516. The Morgan fingerprint density at radius 3 is 2.73 bits per heavy atom. The van der Waals surface area contributed by atoms with E-state index in [4.69, 9.17) is 11.5 Å². The first kappa shape index (κ1) is 14.3. The number of amides is 1. The first-order valence-electron chi connectivity index (χ1n) is 7.14. The molecule has 1 amide bonds. The van der Waals surface area contributed by atoms with E-state index in [2.05, 4.69) is 30.0 Å². The average Bonchev–Trinajstić information content (AvgIpc) is 2.83. The molecule has 22 heavy (non-hydrogen) atoms. The summed E-state index contributed by atoms with van der Waals surface area (Å²) >= 11 is 0. The molecule has 6 heteroatoms. The number of rotatable bonds is 3. The lowest BCUT2D eigenvalue weighted by atomic mass is 10.0. The minimum atomic E-state index is -0.250. The molecule has 0 bridgehead atoms. The molecule has 0 radical (unpaired) electrons. The van der Waals surface area contributed by atoms with Gasteiger partial charge in [-0.05, 0) is 29.2 Å². The highest BCUT2D eigenvalue weighted by molar-refractivity contribution is 5.95. The van der Waals surface area contributed by atoms with E-state index in [0.717, 1.165) is 11.3 Å². The van der Waals surface area contributed by atoms with E-state index in [1.54, 1.807) is 10.9 Å². The highest BCUT2D eigenvalue weighted by Gasteiger charge is 2.62. The second-order valence-corrected chi connectivity index (χ2v) is 6.20. The Hall–Kier alpha value is -2.63. The quantitative estimate of drug-likeness (QED) is 0.661. The topological polar surface area (TPSA) is 99.3 Å². The van der Waals surface area contributed by atoms with Gasteiger partial charge < -0.3 is 11.5 Å². The molecular weight excluding hydrogens is 278 g/mol. The number of carbonyl (C=O) groups is 1. The van der Waals surface area contributed by atoms with Crippen LogP contribution in [0.3, 0.4) is 0 Å². The summed E-state index contributed by atoms with van der Waals surface area (Å²) in [5, 5.41) is 4.23. The molecule has 1 heterocycles. The smallest absolute Gasteiger partial charge is 0.253 e. The molecule has 1 aromatic heterocycles. The first-order valence-corrected chi connectivity index (χ1v) is 7.14. The summed E-state index contributed by atoms with van der Waals surface area (Å²) in [4.78, 5) is 15.9. The van der Waals surface area contributed by atoms with Crippen LogP contribution in [-0.2, 0) is 4.79 Å². The van der Waals surface area contributed by atoms with Gasteiger partial charge in [-0.2, -0.15) is 10.1 Å². The summed E-state index contributed by atoms with van der Waals surface area (Å²) in [5.41, 5.74) is 12.5. The van der Waals surface area contributed by atoms with E-state index >= 15 is 0 Å². The standard InChI is InChI=1S/C16H19N5O/c1-16(2)12(13(16)14(22)20-15(17)18)10-5-3-6-11(9-10)21-8-4-7-19-21/h3-9,12-13H,1-2H3,(H4,17,18,20,22)/t12?,13-/m1/s1. The summed E-state index contributed by atoms with van der Waals surface area (Å²) in [6.07, 6.45) is 3.62. The van der Waals surface area contributed by atoms with Gasteiger partial charge >= 0.3 is 0 Å². The fourth-order valence-corrected chi connectivity index (χ4v) is 3.20. The minimum absolute atomic E-state index is 0.110. The van der Waals surface area contributed by atoms with Crippen molar-refractivity contribution in [3.8, 4) is 5.69 Å². The second kappa shape index (κ2) is 4.98. The number of aromatic nitrogens is 2. The molecular formula is C16H19N5O. The molecule has 1 aliphatic rings. The van der Waals surface area contributed by atoms with E-state index in [1.807, 2.05) is 30.5 Å². The van der Waals surface area contributed by atoms with Crippen molar-refractivity contribution in [3.63, 3.8) is 0 Å². The molecule has 2 atom stereocenters. The van der Waals surface area contributed by atoms with Crippen LogP contribution in [0, 0.1) is 11.3 Å². The van der Waals surface area contributed by atoms with E-state index in [-0.39, 0.29) is 29.1 Å². The van der Waals surface area contributed by atoms with Gasteiger partial charge in [-0.25, -0.2) is 4.68 Å². The van der Waals surface area contributed by atoms with E-state index in [9.17, 15) is 4.79 Å². The van der Waals surface area contributed by atoms with Gasteiger partial charge in [-0.15, -0.1) is 0 Å². The number of hydrogen-bond donors (Lipinski definition) is 2. The molecule has 2 aromatic rings. The van der Waals surface area contributed by atoms with E-state index in [1.165, 1.54) is 0 Å². The molecule has 114 valence electrons. The normalized spacial score (nSPS) is 22.1. The molecule has 1 aromatic carbocycles. The van der Waals surface area contributed by atoms with Crippen molar-refractivity contribution in [1.82, 2.24) is 9.78 Å². The molecule has 4 N–H and O–H groups in total. The molecule has 1 aliphatic carbocycles. The van der Waals surface area contributed by atoms with Gasteiger partial charge in [-0.1, -0.05) is 26.0 Å². The third kappa shape index (κ3) is 2.36. The van der Waals surface area contributed by atoms with Gasteiger partial charge in [0.1, 0.15) is 0 Å². The molecule has 1 saturated carbocycles. The van der Waals surface area contributed by atoms with Crippen LogP contribution in [0.1, 0.15) is 25.3 Å². The maximum atomic E-state index is 12.2. The second-order valence-electron chi connectivity index (χ2n) is 6.20. The van der Waals surface area contributed by atoms with Crippen molar-refractivity contribution in [2.24, 2.45) is 27.8 Å². The Labute approximate surface area is 128 Å². The Bertz CT molecular complexity index is 729. The molecule has 0 aliphatic heterocycles. The fraction of sp³-hybridized carbons (Fsp3) is 0.312. The average molecular weight is 297 g/mol. The predicted molar refractivity (Wildman–Crippen MR) is 84.4 cm³/mol. The highest BCUT2D eigenvalue weighted by Crippen LogP contribution is 2.64.